The Bertz CT molecular complexity index is 807. The molecule has 6 nitrogen and oxygen atoms in total. The molecule has 4 rings (SSSR count). The molecule has 2 fully saturated rings. The Morgan fingerprint density at radius 2 is 1.75 bits per heavy atom. The summed E-state index contributed by atoms with van der Waals surface area (Å²) in [4.78, 5) is 14.8. The number of piperidine rings is 1. The Labute approximate surface area is 165 Å². The zero-order valence-electron chi connectivity index (χ0n) is 16.1. The Morgan fingerprint density at radius 1 is 1.04 bits per heavy atom. The highest BCUT2D eigenvalue weighted by molar-refractivity contribution is 5.95. The van der Waals surface area contributed by atoms with Crippen LogP contribution in [0.1, 0.15) is 28.8 Å². The number of amides is 1. The SMILES string of the molecule is COc1cc(C(=O)N2CCC3(CC2)OCCO3)ccc1OCc1ccccc1. The summed E-state index contributed by atoms with van der Waals surface area (Å²) in [5.41, 5.74) is 1.66. The zero-order chi connectivity index (χ0) is 19.4. The molecule has 0 aromatic heterocycles. The van der Waals surface area contributed by atoms with E-state index in [9.17, 15) is 4.79 Å². The molecule has 2 aromatic carbocycles. The fourth-order valence-electron chi connectivity index (χ4n) is 3.67. The van der Waals surface area contributed by atoms with Crippen LogP contribution in [0.2, 0.25) is 0 Å². The predicted molar refractivity (Wildman–Crippen MR) is 104 cm³/mol. The third-order valence-corrected chi connectivity index (χ3v) is 5.27. The highest BCUT2D eigenvalue weighted by Gasteiger charge is 2.40. The average molecular weight is 383 g/mol. The summed E-state index contributed by atoms with van der Waals surface area (Å²) in [6, 6.07) is 15.3. The molecular weight excluding hydrogens is 358 g/mol. The lowest BCUT2D eigenvalue weighted by Crippen LogP contribution is -2.47. The first-order valence-electron chi connectivity index (χ1n) is 9.61. The number of ether oxygens (including phenoxy) is 4. The molecule has 6 heteroatoms. The second-order valence-corrected chi connectivity index (χ2v) is 7.04. The zero-order valence-corrected chi connectivity index (χ0v) is 16.1. The molecule has 1 spiro atoms. The van der Waals surface area contributed by atoms with E-state index in [4.69, 9.17) is 18.9 Å². The van der Waals surface area contributed by atoms with Gasteiger partial charge in [-0.3, -0.25) is 4.79 Å². The average Bonchev–Trinajstić information content (AvgIpc) is 3.21. The molecule has 0 bridgehead atoms. The lowest BCUT2D eigenvalue weighted by molar-refractivity contribution is -0.181. The second-order valence-electron chi connectivity index (χ2n) is 7.04. The summed E-state index contributed by atoms with van der Waals surface area (Å²) in [6.45, 7) is 2.95. The maximum Gasteiger partial charge on any atom is 0.253 e. The maximum absolute atomic E-state index is 12.9. The van der Waals surface area contributed by atoms with Gasteiger partial charge in [0.2, 0.25) is 0 Å². The third kappa shape index (κ3) is 3.98. The highest BCUT2D eigenvalue weighted by atomic mass is 16.7. The van der Waals surface area contributed by atoms with Crippen LogP contribution in [-0.4, -0.2) is 50.0 Å². The largest absolute Gasteiger partial charge is 0.493 e. The van der Waals surface area contributed by atoms with Crippen molar-refractivity contribution in [1.82, 2.24) is 4.90 Å². The molecule has 0 saturated carbocycles. The van der Waals surface area contributed by atoms with Crippen LogP contribution in [0, 0.1) is 0 Å². The molecule has 28 heavy (non-hydrogen) atoms. The first-order valence-corrected chi connectivity index (χ1v) is 9.61. The van der Waals surface area contributed by atoms with Crippen molar-refractivity contribution in [2.45, 2.75) is 25.2 Å². The fourth-order valence-corrected chi connectivity index (χ4v) is 3.67. The van der Waals surface area contributed by atoms with Crippen molar-refractivity contribution in [2.75, 3.05) is 33.4 Å². The second kappa shape index (κ2) is 8.20. The van der Waals surface area contributed by atoms with Gasteiger partial charge in [0.15, 0.2) is 17.3 Å². The van der Waals surface area contributed by atoms with Crippen molar-refractivity contribution < 1.29 is 23.7 Å². The number of likely N-dealkylation sites (tertiary alicyclic amines) is 1. The Balaban J connectivity index is 1.41. The minimum absolute atomic E-state index is 0.0132. The van der Waals surface area contributed by atoms with Gasteiger partial charge >= 0.3 is 0 Å². The van der Waals surface area contributed by atoms with Crippen molar-refractivity contribution in [2.24, 2.45) is 0 Å². The minimum atomic E-state index is -0.483. The van der Waals surface area contributed by atoms with Crippen molar-refractivity contribution >= 4 is 5.91 Å². The molecule has 2 aliphatic heterocycles. The number of carbonyl (C=O) groups is 1. The van der Waals surface area contributed by atoms with Gasteiger partial charge in [-0.2, -0.15) is 0 Å². The fraction of sp³-hybridized carbons (Fsp3) is 0.409. The van der Waals surface area contributed by atoms with E-state index in [1.165, 1.54) is 0 Å². The summed E-state index contributed by atoms with van der Waals surface area (Å²) in [7, 11) is 1.58. The smallest absolute Gasteiger partial charge is 0.253 e. The van der Waals surface area contributed by atoms with Gasteiger partial charge in [0.05, 0.1) is 20.3 Å². The van der Waals surface area contributed by atoms with Gasteiger partial charge in [-0.05, 0) is 23.8 Å². The van der Waals surface area contributed by atoms with Crippen molar-refractivity contribution in [3.63, 3.8) is 0 Å². The molecule has 0 aliphatic carbocycles. The normalized spacial score (nSPS) is 18.2. The first kappa shape index (κ1) is 18.8. The standard InChI is InChI=1S/C22H25NO5/c1-25-20-15-18(7-8-19(20)26-16-17-5-3-2-4-6-17)21(24)23-11-9-22(10-12-23)27-13-14-28-22/h2-8,15H,9-14,16H2,1H3. The van der Waals surface area contributed by atoms with Gasteiger partial charge in [0.25, 0.3) is 5.91 Å². The van der Waals surface area contributed by atoms with Gasteiger partial charge in [0.1, 0.15) is 6.61 Å². The number of hydrogen-bond acceptors (Lipinski definition) is 5. The molecule has 2 aliphatic rings. The molecule has 2 saturated heterocycles. The summed E-state index contributed by atoms with van der Waals surface area (Å²) in [5.74, 6) is 0.676. The number of nitrogens with zero attached hydrogens (tertiary/aromatic N) is 1. The monoisotopic (exact) mass is 383 g/mol. The van der Waals surface area contributed by atoms with Gasteiger partial charge in [-0.1, -0.05) is 30.3 Å². The number of benzene rings is 2. The van der Waals surface area contributed by atoms with E-state index in [-0.39, 0.29) is 5.91 Å². The van der Waals surface area contributed by atoms with Crippen molar-refractivity contribution in [1.29, 1.82) is 0 Å². The van der Waals surface area contributed by atoms with Gasteiger partial charge in [-0.15, -0.1) is 0 Å². The molecule has 1 amide bonds. The topological polar surface area (TPSA) is 57.2 Å². The predicted octanol–water partition coefficient (Wildman–Crippen LogP) is 3.25. The van der Waals surface area contributed by atoms with Crippen LogP contribution in [0.4, 0.5) is 0 Å². The van der Waals surface area contributed by atoms with Crippen LogP contribution >= 0.6 is 0 Å². The van der Waals surface area contributed by atoms with Crippen LogP contribution < -0.4 is 9.47 Å². The summed E-state index contributed by atoms with van der Waals surface area (Å²) in [5, 5.41) is 0. The molecule has 0 radical (unpaired) electrons. The lowest BCUT2D eigenvalue weighted by Gasteiger charge is -2.37. The Morgan fingerprint density at radius 3 is 2.43 bits per heavy atom. The van der Waals surface area contributed by atoms with E-state index in [1.54, 1.807) is 25.3 Å². The van der Waals surface area contributed by atoms with Gasteiger partial charge in [0, 0.05) is 31.5 Å². The van der Waals surface area contributed by atoms with Crippen molar-refractivity contribution in [3.8, 4) is 11.5 Å². The Kier molecular flexibility index (Phi) is 5.50. The van der Waals surface area contributed by atoms with E-state index < -0.39 is 5.79 Å². The molecule has 0 N–H and O–H groups in total. The maximum atomic E-state index is 12.9. The Hall–Kier alpha value is -2.57. The summed E-state index contributed by atoms with van der Waals surface area (Å²) >= 11 is 0. The van der Waals surface area contributed by atoms with Crippen LogP contribution in [0.5, 0.6) is 11.5 Å². The summed E-state index contributed by atoms with van der Waals surface area (Å²) in [6.07, 6.45) is 1.41. The van der Waals surface area contributed by atoms with E-state index >= 15 is 0 Å². The van der Waals surface area contributed by atoms with Crippen LogP contribution in [0.25, 0.3) is 0 Å². The van der Waals surface area contributed by atoms with E-state index in [2.05, 4.69) is 0 Å². The molecule has 2 heterocycles. The van der Waals surface area contributed by atoms with E-state index in [1.807, 2.05) is 35.2 Å². The number of rotatable bonds is 5. The third-order valence-electron chi connectivity index (χ3n) is 5.27. The van der Waals surface area contributed by atoms with E-state index in [0.717, 1.165) is 5.56 Å². The van der Waals surface area contributed by atoms with E-state index in [0.29, 0.717) is 62.8 Å². The molecule has 0 unspecified atom stereocenters. The van der Waals surface area contributed by atoms with Gasteiger partial charge in [-0.25, -0.2) is 0 Å². The van der Waals surface area contributed by atoms with Crippen LogP contribution in [0.15, 0.2) is 48.5 Å². The van der Waals surface area contributed by atoms with Crippen LogP contribution in [0.3, 0.4) is 0 Å². The molecule has 148 valence electrons. The first-order chi connectivity index (χ1) is 13.7. The molecule has 2 aromatic rings. The van der Waals surface area contributed by atoms with Crippen LogP contribution in [-0.2, 0) is 16.1 Å². The number of hydrogen-bond donors (Lipinski definition) is 0. The quantitative estimate of drug-likeness (QED) is 0.793. The van der Waals surface area contributed by atoms with Gasteiger partial charge < -0.3 is 23.8 Å². The lowest BCUT2D eigenvalue weighted by atomic mass is 10.0. The number of carbonyl (C=O) groups excluding carboxylic acids is 1. The number of methoxy groups -OCH3 is 1. The molecular formula is C22H25NO5. The summed E-state index contributed by atoms with van der Waals surface area (Å²) < 4.78 is 22.8. The van der Waals surface area contributed by atoms with Crippen molar-refractivity contribution in [3.05, 3.63) is 59.7 Å². The minimum Gasteiger partial charge on any atom is -0.493 e. The highest BCUT2D eigenvalue weighted by Crippen LogP contribution is 2.33. The molecule has 0 atom stereocenters.